The summed E-state index contributed by atoms with van der Waals surface area (Å²) in [7, 11) is 0. The van der Waals surface area contributed by atoms with Gasteiger partial charge in [0, 0.05) is 22.6 Å². The second kappa shape index (κ2) is 9.43. The van der Waals surface area contributed by atoms with E-state index in [-0.39, 0.29) is 17.1 Å². The summed E-state index contributed by atoms with van der Waals surface area (Å²) in [5.41, 5.74) is -0.869. The van der Waals surface area contributed by atoms with Crippen molar-refractivity contribution in [3.63, 3.8) is 0 Å². The summed E-state index contributed by atoms with van der Waals surface area (Å²) in [5.74, 6) is -0.367. The van der Waals surface area contributed by atoms with Crippen LogP contribution in [0.25, 0.3) is 0 Å². The van der Waals surface area contributed by atoms with Gasteiger partial charge in [-0.15, -0.1) is 4.91 Å². The van der Waals surface area contributed by atoms with Crippen molar-refractivity contribution in [2.24, 2.45) is 5.18 Å². The van der Waals surface area contributed by atoms with Crippen molar-refractivity contribution in [3.05, 3.63) is 82.0 Å². The molecule has 0 spiro atoms. The van der Waals surface area contributed by atoms with Gasteiger partial charge in [0.15, 0.2) is 6.20 Å². The number of carbonyl (C=O) groups is 2. The van der Waals surface area contributed by atoms with Crippen LogP contribution in [-0.4, -0.2) is 11.9 Å². The van der Waals surface area contributed by atoms with E-state index in [9.17, 15) is 27.7 Å². The molecule has 12 heteroatoms. The van der Waals surface area contributed by atoms with Crippen molar-refractivity contribution >= 4 is 34.9 Å². The van der Waals surface area contributed by atoms with Crippen LogP contribution in [0.5, 0.6) is 11.5 Å². The van der Waals surface area contributed by atoms with Crippen LogP contribution in [0.1, 0.15) is 16.1 Å². The smallest absolute Gasteiger partial charge is 0.417 e. The Labute approximate surface area is 183 Å². The van der Waals surface area contributed by atoms with Gasteiger partial charge in [-0.2, -0.15) is 13.2 Å². The Balaban J connectivity index is 1.63. The Morgan fingerprint density at radius 3 is 2.25 bits per heavy atom. The highest BCUT2D eigenvalue weighted by molar-refractivity contribution is 6.31. The topological polar surface area (TPSA) is 111 Å². The number of aromatic amines is 1. The molecular weight excluding hydrogens is 453 g/mol. The minimum Gasteiger partial charge on any atom is -0.457 e. The zero-order chi connectivity index (χ0) is 23.3. The van der Waals surface area contributed by atoms with E-state index < -0.39 is 28.7 Å². The average molecular weight is 466 g/mol. The van der Waals surface area contributed by atoms with Crippen LogP contribution in [0.3, 0.4) is 0 Å². The maximum absolute atomic E-state index is 12.9. The number of urea groups is 1. The Hall–Kier alpha value is -3.99. The van der Waals surface area contributed by atoms with Gasteiger partial charge >= 0.3 is 18.1 Å². The molecule has 0 aliphatic heterocycles. The number of hydrogen-bond donors (Lipinski definition) is 2. The summed E-state index contributed by atoms with van der Waals surface area (Å²) in [6, 6.07) is 11.1. The molecule has 164 valence electrons. The van der Waals surface area contributed by atoms with E-state index in [4.69, 9.17) is 16.3 Å². The number of ether oxygens (including phenoxy) is 1. The molecule has 0 atom stereocenters. The third-order valence-corrected chi connectivity index (χ3v) is 4.29. The zero-order valence-corrected chi connectivity index (χ0v) is 16.6. The number of pyridine rings is 1. The zero-order valence-electron chi connectivity index (χ0n) is 15.9. The van der Waals surface area contributed by atoms with E-state index in [1.54, 1.807) is 0 Å². The van der Waals surface area contributed by atoms with Crippen LogP contribution in [0, 0.1) is 4.91 Å². The molecule has 0 aliphatic rings. The first-order valence-electron chi connectivity index (χ1n) is 8.78. The molecule has 2 aromatic carbocycles. The summed E-state index contributed by atoms with van der Waals surface area (Å²) in [4.78, 5) is 36.3. The normalized spacial score (nSPS) is 10.9. The van der Waals surface area contributed by atoms with Crippen molar-refractivity contribution in [2.75, 3.05) is 10.6 Å². The molecule has 8 nitrogen and oxygen atoms in total. The third-order valence-electron chi connectivity index (χ3n) is 3.96. The molecule has 0 aliphatic carbocycles. The maximum atomic E-state index is 12.9. The first-order valence-corrected chi connectivity index (χ1v) is 9.15. The highest BCUT2D eigenvalue weighted by Crippen LogP contribution is 2.36. The van der Waals surface area contributed by atoms with Crippen LogP contribution in [-0.2, 0) is 6.18 Å². The number of hydrogen-bond acceptors (Lipinski definition) is 4. The van der Waals surface area contributed by atoms with Crippen LogP contribution in [0.2, 0.25) is 5.02 Å². The molecule has 0 radical (unpaired) electrons. The quantitative estimate of drug-likeness (QED) is 0.483. The molecule has 0 saturated heterocycles. The Morgan fingerprint density at radius 2 is 1.59 bits per heavy atom. The summed E-state index contributed by atoms with van der Waals surface area (Å²) < 4.78 is 44.3. The fourth-order valence-corrected chi connectivity index (χ4v) is 2.76. The average Bonchev–Trinajstić information content (AvgIpc) is 2.75. The van der Waals surface area contributed by atoms with Gasteiger partial charge in [0.1, 0.15) is 11.5 Å². The number of nitrogens with zero attached hydrogens (tertiary/aromatic N) is 1. The van der Waals surface area contributed by atoms with Crippen molar-refractivity contribution in [1.82, 2.24) is 0 Å². The van der Waals surface area contributed by atoms with E-state index in [1.807, 2.05) is 0 Å². The number of alkyl halides is 3. The molecule has 3 aromatic rings. The first-order chi connectivity index (χ1) is 15.2. The molecule has 1 heterocycles. The van der Waals surface area contributed by atoms with Crippen LogP contribution < -0.4 is 20.4 Å². The molecular formula is C20H13ClF3N4O4+. The lowest BCUT2D eigenvalue weighted by atomic mass is 10.2. The van der Waals surface area contributed by atoms with Gasteiger partial charge in [-0.1, -0.05) is 11.6 Å². The number of benzene rings is 2. The fraction of sp³-hybridized carbons (Fsp3) is 0.0500. The second-order valence-corrected chi connectivity index (χ2v) is 6.64. The van der Waals surface area contributed by atoms with E-state index in [0.29, 0.717) is 11.4 Å². The lowest BCUT2D eigenvalue weighted by molar-refractivity contribution is -0.382. The SMILES string of the molecule is O=NC(=O)c1cc(Oc2ccc(NC(=O)Nc3ccc(Cl)c(C(F)(F)F)c3)cc2)cc[nH+]1. The van der Waals surface area contributed by atoms with E-state index in [2.05, 4.69) is 20.8 Å². The minimum atomic E-state index is -4.66. The number of anilines is 2. The largest absolute Gasteiger partial charge is 0.457 e. The Morgan fingerprint density at radius 1 is 0.938 bits per heavy atom. The first kappa shape index (κ1) is 22.7. The molecule has 3 amide bonds. The van der Waals surface area contributed by atoms with Crippen molar-refractivity contribution in [2.45, 2.75) is 6.18 Å². The molecule has 32 heavy (non-hydrogen) atoms. The van der Waals surface area contributed by atoms with Gasteiger partial charge in [0.2, 0.25) is 0 Å². The monoisotopic (exact) mass is 465 g/mol. The van der Waals surface area contributed by atoms with E-state index in [0.717, 1.165) is 12.1 Å². The fourth-order valence-electron chi connectivity index (χ4n) is 2.54. The lowest BCUT2D eigenvalue weighted by Crippen LogP contribution is -2.19. The number of halogens is 4. The van der Waals surface area contributed by atoms with Crippen LogP contribution in [0.4, 0.5) is 29.3 Å². The number of nitrogens with one attached hydrogen (secondary N) is 3. The molecule has 0 fully saturated rings. The summed E-state index contributed by atoms with van der Waals surface area (Å²) in [6.45, 7) is 0. The maximum Gasteiger partial charge on any atom is 0.417 e. The predicted octanol–water partition coefficient (Wildman–Crippen LogP) is 5.52. The molecule has 1 aromatic heterocycles. The minimum absolute atomic E-state index is 0.0525. The predicted molar refractivity (Wildman–Crippen MR) is 109 cm³/mol. The van der Waals surface area contributed by atoms with Gasteiger partial charge in [-0.05, 0) is 42.5 Å². The van der Waals surface area contributed by atoms with Gasteiger partial charge in [-0.25, -0.2) is 9.78 Å². The number of H-pyrrole nitrogens is 1. The van der Waals surface area contributed by atoms with Gasteiger partial charge in [0.25, 0.3) is 5.69 Å². The van der Waals surface area contributed by atoms with Crippen molar-refractivity contribution in [3.8, 4) is 11.5 Å². The summed E-state index contributed by atoms with van der Waals surface area (Å²) in [6.07, 6.45) is -3.26. The van der Waals surface area contributed by atoms with Crippen molar-refractivity contribution in [1.29, 1.82) is 0 Å². The second-order valence-electron chi connectivity index (χ2n) is 6.23. The Bertz CT molecular complexity index is 1170. The number of amides is 3. The molecule has 3 rings (SSSR count). The third kappa shape index (κ3) is 5.79. The van der Waals surface area contributed by atoms with Crippen LogP contribution in [0.15, 0.2) is 66.0 Å². The summed E-state index contributed by atoms with van der Waals surface area (Å²) in [5, 5.41) is 6.60. The lowest BCUT2D eigenvalue weighted by Gasteiger charge is -2.12. The van der Waals surface area contributed by atoms with Gasteiger partial charge in [-0.3, -0.25) is 4.79 Å². The standard InChI is InChI=1S/C20H12ClF3N4O4/c21-16-6-3-12(9-15(16)20(22,23)24)27-19(30)26-11-1-4-13(5-2-11)32-14-7-8-25-17(10-14)18(29)28-31/h1-10H,(H2,26,27,30)/p+1. The number of rotatable bonds is 5. The molecule has 3 N–H and O–H groups in total. The van der Waals surface area contributed by atoms with E-state index >= 15 is 0 Å². The molecule has 0 unspecified atom stereocenters. The number of aromatic nitrogens is 1. The number of carbonyl (C=O) groups excluding carboxylic acids is 2. The van der Waals surface area contributed by atoms with Crippen LogP contribution >= 0.6 is 11.6 Å². The highest BCUT2D eigenvalue weighted by atomic mass is 35.5. The molecule has 0 saturated carbocycles. The Kier molecular flexibility index (Phi) is 6.69. The van der Waals surface area contributed by atoms with Gasteiger partial charge in [0.05, 0.1) is 16.7 Å². The van der Waals surface area contributed by atoms with Gasteiger partial charge < -0.3 is 15.4 Å². The van der Waals surface area contributed by atoms with E-state index in [1.165, 1.54) is 48.7 Å². The summed E-state index contributed by atoms with van der Waals surface area (Å²) >= 11 is 5.55. The number of nitroso groups, excluding NO2 is 1. The van der Waals surface area contributed by atoms with Crippen molar-refractivity contribution < 1.29 is 32.5 Å². The highest BCUT2D eigenvalue weighted by Gasteiger charge is 2.33. The molecule has 0 bridgehead atoms.